The van der Waals surface area contributed by atoms with Crippen LogP contribution in [-0.4, -0.2) is 22.3 Å². The van der Waals surface area contributed by atoms with E-state index in [-0.39, 0.29) is 36.5 Å². The lowest BCUT2D eigenvalue weighted by Crippen LogP contribution is -2.30. The molecular weight excluding hydrogens is 292 g/mol. The van der Waals surface area contributed by atoms with Crippen molar-refractivity contribution in [2.24, 2.45) is 10.9 Å². The minimum atomic E-state index is -0.276. The molecule has 23 heavy (non-hydrogen) atoms. The van der Waals surface area contributed by atoms with Gasteiger partial charge in [-0.2, -0.15) is 0 Å². The topological polar surface area (TPSA) is 60.7 Å². The van der Waals surface area contributed by atoms with Crippen molar-refractivity contribution < 1.29 is 9.53 Å². The van der Waals surface area contributed by atoms with Gasteiger partial charge in [-0.15, -0.1) is 0 Å². The standard InChI is InChI=1S/C18H14N2O3/c21-16-7-11-6-15-17-12(5-10-3-1-2-4-14(10)19-17)8-20(15)18(22)13(11)9-23-16/h1-6,10,14H,7-9H2. The van der Waals surface area contributed by atoms with Gasteiger partial charge in [-0.1, -0.05) is 30.4 Å². The molecule has 0 bridgehead atoms. The first kappa shape index (κ1) is 12.8. The fourth-order valence-corrected chi connectivity index (χ4v) is 3.73. The van der Waals surface area contributed by atoms with Gasteiger partial charge in [-0.05, 0) is 17.2 Å². The number of hydrogen-bond acceptors (Lipinski definition) is 4. The highest BCUT2D eigenvalue weighted by Gasteiger charge is 2.33. The summed E-state index contributed by atoms with van der Waals surface area (Å²) in [6.45, 7) is 0.629. The van der Waals surface area contributed by atoms with Crippen LogP contribution in [0.1, 0.15) is 16.8 Å². The summed E-state index contributed by atoms with van der Waals surface area (Å²) in [5, 5.41) is 0. The maximum atomic E-state index is 12.7. The van der Waals surface area contributed by atoms with E-state index in [0.717, 1.165) is 22.5 Å². The molecule has 0 radical (unpaired) electrons. The van der Waals surface area contributed by atoms with E-state index in [4.69, 9.17) is 9.73 Å². The number of ether oxygens (including phenoxy) is 1. The molecule has 114 valence electrons. The van der Waals surface area contributed by atoms with Crippen LogP contribution >= 0.6 is 0 Å². The maximum Gasteiger partial charge on any atom is 0.310 e. The predicted molar refractivity (Wildman–Crippen MR) is 84.4 cm³/mol. The molecule has 0 saturated carbocycles. The van der Waals surface area contributed by atoms with Crippen LogP contribution in [-0.2, 0) is 29.1 Å². The molecule has 5 rings (SSSR count). The van der Waals surface area contributed by atoms with Crippen LogP contribution in [0.4, 0.5) is 0 Å². The highest BCUT2D eigenvalue weighted by molar-refractivity contribution is 6.14. The average Bonchev–Trinajstić information content (AvgIpc) is 2.91. The summed E-state index contributed by atoms with van der Waals surface area (Å²) in [6.07, 6.45) is 10.6. The fraction of sp³-hybridized carbons (Fsp3) is 0.278. The Kier molecular flexibility index (Phi) is 2.46. The van der Waals surface area contributed by atoms with Gasteiger partial charge < -0.3 is 9.30 Å². The highest BCUT2D eigenvalue weighted by atomic mass is 16.5. The lowest BCUT2D eigenvalue weighted by atomic mass is 9.89. The van der Waals surface area contributed by atoms with E-state index < -0.39 is 0 Å². The summed E-state index contributed by atoms with van der Waals surface area (Å²) in [5.74, 6) is -0.00934. The van der Waals surface area contributed by atoms with Crippen molar-refractivity contribution >= 4 is 11.7 Å². The van der Waals surface area contributed by atoms with E-state index in [1.807, 2.05) is 18.2 Å². The maximum absolute atomic E-state index is 12.7. The molecule has 1 aromatic rings. The van der Waals surface area contributed by atoms with Crippen LogP contribution in [0.15, 0.2) is 51.8 Å². The number of cyclic esters (lactones) is 1. The van der Waals surface area contributed by atoms with Gasteiger partial charge in [-0.25, -0.2) is 0 Å². The number of aromatic nitrogens is 1. The second kappa shape index (κ2) is 4.41. The average molecular weight is 306 g/mol. The number of aliphatic imine (C=N–C) groups is 1. The molecule has 2 unspecified atom stereocenters. The summed E-state index contributed by atoms with van der Waals surface area (Å²) in [7, 11) is 0. The van der Waals surface area contributed by atoms with E-state index in [1.165, 1.54) is 0 Å². The van der Waals surface area contributed by atoms with Gasteiger partial charge in [0, 0.05) is 5.92 Å². The third-order valence-electron chi connectivity index (χ3n) is 4.90. The SMILES string of the molecule is O=C1Cc2cc3n(c(=O)c2CO1)CC1=CC2C=CC=CC2N=C13. The summed E-state index contributed by atoms with van der Waals surface area (Å²) in [6, 6.07) is 2.04. The molecule has 0 saturated heterocycles. The molecule has 5 nitrogen and oxygen atoms in total. The number of allylic oxidation sites excluding steroid dienone is 3. The molecule has 4 aliphatic rings. The molecule has 3 aliphatic heterocycles. The molecule has 0 N–H and O–H groups in total. The number of dihydropyridines is 1. The molecule has 1 aliphatic carbocycles. The van der Waals surface area contributed by atoms with Crippen molar-refractivity contribution in [1.82, 2.24) is 4.57 Å². The number of rotatable bonds is 0. The minimum absolute atomic E-state index is 0.0583. The number of carbonyl (C=O) groups excluding carboxylic acids is 1. The van der Waals surface area contributed by atoms with Crippen molar-refractivity contribution in [3.63, 3.8) is 0 Å². The lowest BCUT2D eigenvalue weighted by Gasteiger charge is -2.23. The summed E-state index contributed by atoms with van der Waals surface area (Å²) < 4.78 is 6.78. The second-order valence-electron chi connectivity index (χ2n) is 6.27. The lowest BCUT2D eigenvalue weighted by molar-refractivity contribution is -0.145. The Bertz CT molecular complexity index is 930. The van der Waals surface area contributed by atoms with Crippen molar-refractivity contribution in [2.45, 2.75) is 25.6 Å². The van der Waals surface area contributed by atoms with E-state index in [2.05, 4.69) is 18.2 Å². The fourth-order valence-electron chi connectivity index (χ4n) is 3.73. The third kappa shape index (κ3) is 1.76. The Morgan fingerprint density at radius 1 is 1.22 bits per heavy atom. The van der Waals surface area contributed by atoms with Crippen LogP contribution in [0.3, 0.4) is 0 Å². The van der Waals surface area contributed by atoms with E-state index in [1.54, 1.807) is 4.57 Å². The first-order chi connectivity index (χ1) is 11.2. The minimum Gasteiger partial charge on any atom is -0.460 e. The van der Waals surface area contributed by atoms with E-state index in [0.29, 0.717) is 12.1 Å². The molecule has 1 aromatic heterocycles. The molecule has 0 fully saturated rings. The summed E-state index contributed by atoms with van der Waals surface area (Å²) in [4.78, 5) is 29.1. The number of pyridine rings is 1. The van der Waals surface area contributed by atoms with Gasteiger partial charge in [-0.3, -0.25) is 14.6 Å². The molecule has 0 spiro atoms. The van der Waals surface area contributed by atoms with Crippen LogP contribution in [0.25, 0.3) is 0 Å². The molecule has 2 atom stereocenters. The van der Waals surface area contributed by atoms with Crippen LogP contribution in [0.5, 0.6) is 0 Å². The van der Waals surface area contributed by atoms with Crippen molar-refractivity contribution in [1.29, 1.82) is 0 Å². The van der Waals surface area contributed by atoms with Crippen LogP contribution in [0.2, 0.25) is 0 Å². The Labute approximate surface area is 132 Å². The summed E-state index contributed by atoms with van der Waals surface area (Å²) >= 11 is 0. The van der Waals surface area contributed by atoms with Gasteiger partial charge in [0.15, 0.2) is 0 Å². The van der Waals surface area contributed by atoms with Gasteiger partial charge >= 0.3 is 5.97 Å². The van der Waals surface area contributed by atoms with Gasteiger partial charge in [0.05, 0.1) is 36.0 Å². The highest BCUT2D eigenvalue weighted by Crippen LogP contribution is 2.32. The van der Waals surface area contributed by atoms with E-state index in [9.17, 15) is 9.59 Å². The second-order valence-corrected chi connectivity index (χ2v) is 6.27. The molecule has 5 heteroatoms. The van der Waals surface area contributed by atoms with Crippen LogP contribution < -0.4 is 5.56 Å². The zero-order valence-electron chi connectivity index (χ0n) is 12.4. The zero-order valence-corrected chi connectivity index (χ0v) is 12.4. The molecule has 4 heterocycles. The normalized spacial score (nSPS) is 26.5. The Hall–Kier alpha value is -2.69. The largest absolute Gasteiger partial charge is 0.460 e. The Morgan fingerprint density at radius 3 is 3.00 bits per heavy atom. The molecule has 0 aromatic carbocycles. The zero-order chi connectivity index (χ0) is 15.6. The van der Waals surface area contributed by atoms with Crippen molar-refractivity contribution in [3.8, 4) is 0 Å². The number of fused-ring (bicyclic) bond motifs is 5. The van der Waals surface area contributed by atoms with Gasteiger partial charge in [0.1, 0.15) is 6.61 Å². The Morgan fingerprint density at radius 2 is 2.09 bits per heavy atom. The van der Waals surface area contributed by atoms with Crippen LogP contribution in [0, 0.1) is 5.92 Å². The number of carbonyl (C=O) groups is 1. The first-order valence-corrected chi connectivity index (χ1v) is 7.76. The van der Waals surface area contributed by atoms with Crippen molar-refractivity contribution in [2.75, 3.05) is 0 Å². The Balaban J connectivity index is 1.69. The monoisotopic (exact) mass is 306 g/mol. The smallest absolute Gasteiger partial charge is 0.310 e. The molecular formula is C18H14N2O3. The first-order valence-electron chi connectivity index (χ1n) is 7.76. The van der Waals surface area contributed by atoms with Gasteiger partial charge in [0.2, 0.25) is 0 Å². The number of hydrogen-bond donors (Lipinski definition) is 0. The number of nitrogens with zero attached hydrogens (tertiary/aromatic N) is 2. The number of esters is 1. The molecule has 0 amide bonds. The third-order valence-corrected chi connectivity index (χ3v) is 4.90. The van der Waals surface area contributed by atoms with E-state index >= 15 is 0 Å². The summed E-state index contributed by atoms with van der Waals surface area (Å²) in [5.41, 5.74) is 4.14. The quantitative estimate of drug-likeness (QED) is 0.679. The van der Waals surface area contributed by atoms with Crippen molar-refractivity contribution in [3.05, 3.63) is 69.2 Å². The van der Waals surface area contributed by atoms with Gasteiger partial charge in [0.25, 0.3) is 5.56 Å². The predicted octanol–water partition coefficient (Wildman–Crippen LogP) is 1.30.